The smallest absolute Gasteiger partial charge is 0.311 e. The van der Waals surface area contributed by atoms with Gasteiger partial charge in [-0.05, 0) is 30.9 Å². The molecule has 1 aromatic rings. The van der Waals surface area contributed by atoms with Crippen LogP contribution in [-0.2, 0) is 11.2 Å². The Kier molecular flexibility index (Phi) is 4.12. The van der Waals surface area contributed by atoms with Gasteiger partial charge in [0.25, 0.3) is 5.91 Å². The number of rotatable bonds is 5. The summed E-state index contributed by atoms with van der Waals surface area (Å²) in [6.07, 6.45) is 1.86. The third-order valence-corrected chi connectivity index (χ3v) is 4.49. The van der Waals surface area contributed by atoms with Crippen LogP contribution in [0.25, 0.3) is 0 Å². The first-order valence-electron chi connectivity index (χ1n) is 7.14. The second-order valence-corrected chi connectivity index (χ2v) is 5.43. The number of carbonyl (C=O) groups is 2. The van der Waals surface area contributed by atoms with Gasteiger partial charge in [-0.25, -0.2) is 0 Å². The van der Waals surface area contributed by atoms with Crippen molar-refractivity contribution in [2.24, 2.45) is 5.41 Å². The van der Waals surface area contributed by atoms with Crippen LogP contribution in [0.1, 0.15) is 42.6 Å². The maximum Gasteiger partial charge on any atom is 0.311 e. The number of hydrogen-bond acceptors (Lipinski definition) is 2. The lowest BCUT2D eigenvalue weighted by molar-refractivity contribution is -0.150. The minimum absolute atomic E-state index is 0.0422. The Balaban J connectivity index is 2.24. The Morgan fingerprint density at radius 3 is 2.55 bits per heavy atom. The van der Waals surface area contributed by atoms with Gasteiger partial charge in [-0.15, -0.1) is 0 Å². The molecule has 20 heavy (non-hydrogen) atoms. The summed E-state index contributed by atoms with van der Waals surface area (Å²) in [6, 6.07) is 7.57. The van der Waals surface area contributed by atoms with E-state index in [1.165, 1.54) is 0 Å². The van der Waals surface area contributed by atoms with E-state index < -0.39 is 11.4 Å². The predicted octanol–water partition coefficient (Wildman–Crippen LogP) is 2.58. The van der Waals surface area contributed by atoms with Crippen molar-refractivity contribution in [3.63, 3.8) is 0 Å². The van der Waals surface area contributed by atoms with E-state index in [1.807, 2.05) is 38.1 Å². The minimum atomic E-state index is -0.831. The van der Waals surface area contributed by atoms with Crippen molar-refractivity contribution >= 4 is 11.9 Å². The number of benzene rings is 1. The van der Waals surface area contributed by atoms with E-state index in [-0.39, 0.29) is 5.91 Å². The summed E-state index contributed by atoms with van der Waals surface area (Å²) in [5, 5.41) is 9.50. The first kappa shape index (κ1) is 14.6. The van der Waals surface area contributed by atoms with Gasteiger partial charge in [-0.2, -0.15) is 0 Å². The molecule has 0 unspecified atom stereocenters. The monoisotopic (exact) mass is 275 g/mol. The summed E-state index contributed by atoms with van der Waals surface area (Å²) in [7, 11) is 0. The van der Waals surface area contributed by atoms with E-state index in [0.717, 1.165) is 12.0 Å². The Hall–Kier alpha value is -1.84. The molecule has 0 saturated carbocycles. The average Bonchev–Trinajstić information content (AvgIpc) is 2.47. The highest BCUT2D eigenvalue weighted by molar-refractivity contribution is 5.97. The Labute approximate surface area is 119 Å². The molecule has 1 aromatic carbocycles. The van der Waals surface area contributed by atoms with E-state index in [2.05, 4.69) is 0 Å². The van der Waals surface area contributed by atoms with Gasteiger partial charge in [0, 0.05) is 18.7 Å². The summed E-state index contributed by atoms with van der Waals surface area (Å²) in [5.74, 6) is -0.853. The fourth-order valence-electron chi connectivity index (χ4n) is 2.83. The molecule has 0 bridgehead atoms. The highest BCUT2D eigenvalue weighted by Gasteiger charge is 2.39. The van der Waals surface area contributed by atoms with Crippen LogP contribution in [0.2, 0.25) is 0 Å². The molecule has 1 heterocycles. The lowest BCUT2D eigenvalue weighted by Crippen LogP contribution is -2.47. The second kappa shape index (κ2) is 5.65. The van der Waals surface area contributed by atoms with Gasteiger partial charge in [0.15, 0.2) is 0 Å². The van der Waals surface area contributed by atoms with Crippen molar-refractivity contribution in [1.29, 1.82) is 0 Å². The van der Waals surface area contributed by atoms with E-state index in [9.17, 15) is 14.7 Å². The van der Waals surface area contributed by atoms with Gasteiger partial charge in [0.2, 0.25) is 0 Å². The van der Waals surface area contributed by atoms with Gasteiger partial charge in [0.05, 0.1) is 5.41 Å². The number of fused-ring (bicyclic) bond motifs is 1. The summed E-state index contributed by atoms with van der Waals surface area (Å²) in [4.78, 5) is 25.8. The molecule has 0 saturated heterocycles. The van der Waals surface area contributed by atoms with Gasteiger partial charge in [-0.1, -0.05) is 32.0 Å². The minimum Gasteiger partial charge on any atom is -0.481 e. The molecule has 4 heteroatoms. The van der Waals surface area contributed by atoms with Crippen molar-refractivity contribution in [1.82, 2.24) is 4.90 Å². The number of carbonyl (C=O) groups excluding carboxylic acids is 1. The van der Waals surface area contributed by atoms with Gasteiger partial charge < -0.3 is 10.0 Å². The standard InChI is InChI=1S/C16H21NO3/c1-3-16(4-2,15(19)20)11-17-10-9-12-7-5-6-8-13(12)14(17)18/h5-8H,3-4,9-11H2,1-2H3,(H,19,20). The topological polar surface area (TPSA) is 57.6 Å². The summed E-state index contributed by atoms with van der Waals surface area (Å²) >= 11 is 0. The zero-order valence-electron chi connectivity index (χ0n) is 12.1. The molecule has 0 atom stereocenters. The molecule has 0 fully saturated rings. The lowest BCUT2D eigenvalue weighted by atomic mass is 9.81. The first-order chi connectivity index (χ1) is 9.54. The van der Waals surface area contributed by atoms with Crippen LogP contribution in [0, 0.1) is 5.41 Å². The molecule has 1 N–H and O–H groups in total. The fourth-order valence-corrected chi connectivity index (χ4v) is 2.83. The van der Waals surface area contributed by atoms with E-state index in [4.69, 9.17) is 0 Å². The van der Waals surface area contributed by atoms with Crippen LogP contribution in [0.15, 0.2) is 24.3 Å². The Morgan fingerprint density at radius 2 is 1.95 bits per heavy atom. The third-order valence-electron chi connectivity index (χ3n) is 4.49. The fraction of sp³-hybridized carbons (Fsp3) is 0.500. The molecule has 2 rings (SSSR count). The molecule has 108 valence electrons. The molecule has 4 nitrogen and oxygen atoms in total. The molecular weight excluding hydrogens is 254 g/mol. The summed E-state index contributed by atoms with van der Waals surface area (Å²) < 4.78 is 0. The average molecular weight is 275 g/mol. The maximum atomic E-state index is 12.5. The third kappa shape index (κ3) is 2.42. The second-order valence-electron chi connectivity index (χ2n) is 5.43. The van der Waals surface area contributed by atoms with Crippen LogP contribution in [-0.4, -0.2) is 35.0 Å². The summed E-state index contributed by atoms with van der Waals surface area (Å²) in [5.41, 5.74) is 0.940. The normalized spacial score (nSPS) is 15.1. The van der Waals surface area contributed by atoms with Crippen molar-refractivity contribution in [2.45, 2.75) is 33.1 Å². The zero-order chi connectivity index (χ0) is 14.8. The molecular formula is C16H21NO3. The molecule has 0 spiro atoms. The van der Waals surface area contributed by atoms with Crippen molar-refractivity contribution < 1.29 is 14.7 Å². The van der Waals surface area contributed by atoms with E-state index in [0.29, 0.717) is 31.5 Å². The molecule has 1 aliphatic rings. The van der Waals surface area contributed by atoms with Crippen LogP contribution in [0.3, 0.4) is 0 Å². The number of nitrogens with zero attached hydrogens (tertiary/aromatic N) is 1. The molecule has 0 radical (unpaired) electrons. The van der Waals surface area contributed by atoms with Crippen molar-refractivity contribution in [3.05, 3.63) is 35.4 Å². The van der Waals surface area contributed by atoms with Crippen LogP contribution < -0.4 is 0 Å². The van der Waals surface area contributed by atoms with Gasteiger partial charge in [0.1, 0.15) is 0 Å². The Bertz CT molecular complexity index is 520. The lowest BCUT2D eigenvalue weighted by Gasteiger charge is -2.36. The van der Waals surface area contributed by atoms with Crippen LogP contribution >= 0.6 is 0 Å². The number of carboxylic acid groups (broad SMARTS) is 1. The zero-order valence-corrected chi connectivity index (χ0v) is 12.1. The van der Waals surface area contributed by atoms with Crippen LogP contribution in [0.5, 0.6) is 0 Å². The van der Waals surface area contributed by atoms with Crippen molar-refractivity contribution in [3.8, 4) is 0 Å². The molecule has 0 aromatic heterocycles. The quantitative estimate of drug-likeness (QED) is 0.898. The SMILES string of the molecule is CCC(CC)(CN1CCc2ccccc2C1=O)C(=O)O. The number of aliphatic carboxylic acids is 1. The van der Waals surface area contributed by atoms with Gasteiger partial charge in [-0.3, -0.25) is 9.59 Å². The first-order valence-corrected chi connectivity index (χ1v) is 7.14. The molecule has 1 aliphatic heterocycles. The van der Waals surface area contributed by atoms with Crippen LogP contribution in [0.4, 0.5) is 0 Å². The number of amides is 1. The largest absolute Gasteiger partial charge is 0.481 e. The predicted molar refractivity (Wildman–Crippen MR) is 76.7 cm³/mol. The molecule has 0 aliphatic carbocycles. The van der Waals surface area contributed by atoms with Crippen molar-refractivity contribution in [2.75, 3.05) is 13.1 Å². The van der Waals surface area contributed by atoms with E-state index >= 15 is 0 Å². The summed E-state index contributed by atoms with van der Waals surface area (Å²) in [6.45, 7) is 4.65. The highest BCUT2D eigenvalue weighted by atomic mass is 16.4. The Morgan fingerprint density at radius 1 is 1.30 bits per heavy atom. The number of carboxylic acids is 1. The van der Waals surface area contributed by atoms with Gasteiger partial charge >= 0.3 is 5.97 Å². The van der Waals surface area contributed by atoms with E-state index in [1.54, 1.807) is 4.90 Å². The number of hydrogen-bond donors (Lipinski definition) is 1. The molecule has 1 amide bonds. The maximum absolute atomic E-state index is 12.5. The highest BCUT2D eigenvalue weighted by Crippen LogP contribution is 2.30.